The topological polar surface area (TPSA) is 57.7 Å². The van der Waals surface area contributed by atoms with Crippen molar-refractivity contribution in [1.82, 2.24) is 9.21 Å². The molecule has 0 spiro atoms. The van der Waals surface area contributed by atoms with Crippen molar-refractivity contribution in [2.75, 3.05) is 31.9 Å². The Morgan fingerprint density at radius 2 is 1.52 bits per heavy atom. The lowest BCUT2D eigenvalue weighted by Crippen LogP contribution is -2.37. The average Bonchev–Trinajstić information content (AvgIpc) is 2.97. The summed E-state index contributed by atoms with van der Waals surface area (Å²) in [4.78, 5) is 15.1. The lowest BCUT2D eigenvalue weighted by molar-refractivity contribution is -0.130. The van der Waals surface area contributed by atoms with Gasteiger partial charge in [-0.15, -0.1) is 11.8 Å². The van der Waals surface area contributed by atoms with E-state index in [2.05, 4.69) is 0 Å². The summed E-state index contributed by atoms with van der Waals surface area (Å²) in [6, 6.07) is 10.9. The van der Waals surface area contributed by atoms with Gasteiger partial charge in [0.2, 0.25) is 15.9 Å². The first kappa shape index (κ1) is 21.7. The summed E-state index contributed by atoms with van der Waals surface area (Å²) in [5.41, 5.74) is 0. The standard InChI is InChI=1S/C20H22F2N2O3S2/c21-16-2-6-18(7-3-16)28-15-10-20(25)23-11-1-12-24(14-13-23)29(26,27)19-8-4-17(22)5-9-19/h2-9H,1,10-15H2. The average molecular weight is 441 g/mol. The molecule has 1 aliphatic heterocycles. The predicted molar refractivity (Wildman–Crippen MR) is 108 cm³/mol. The van der Waals surface area contributed by atoms with Crippen molar-refractivity contribution >= 4 is 27.7 Å². The van der Waals surface area contributed by atoms with Gasteiger partial charge in [-0.3, -0.25) is 4.79 Å². The Balaban J connectivity index is 1.52. The van der Waals surface area contributed by atoms with Gasteiger partial charge >= 0.3 is 0 Å². The number of hydrogen-bond acceptors (Lipinski definition) is 4. The Morgan fingerprint density at radius 1 is 0.897 bits per heavy atom. The van der Waals surface area contributed by atoms with Crippen molar-refractivity contribution in [3.8, 4) is 0 Å². The molecule has 0 saturated carbocycles. The highest BCUT2D eigenvalue weighted by atomic mass is 32.2. The summed E-state index contributed by atoms with van der Waals surface area (Å²) < 4.78 is 52.9. The lowest BCUT2D eigenvalue weighted by atomic mass is 10.3. The van der Waals surface area contributed by atoms with E-state index in [0.29, 0.717) is 38.2 Å². The van der Waals surface area contributed by atoms with Gasteiger partial charge in [0.05, 0.1) is 4.90 Å². The Kier molecular flexibility index (Phi) is 7.26. The fraction of sp³-hybridized carbons (Fsp3) is 0.350. The second kappa shape index (κ2) is 9.69. The van der Waals surface area contributed by atoms with Crippen LogP contribution in [0.25, 0.3) is 0 Å². The molecular formula is C20H22F2N2O3S2. The van der Waals surface area contributed by atoms with Crippen molar-refractivity contribution in [3.05, 3.63) is 60.2 Å². The zero-order valence-corrected chi connectivity index (χ0v) is 17.4. The van der Waals surface area contributed by atoms with Crippen molar-refractivity contribution in [1.29, 1.82) is 0 Å². The molecule has 1 heterocycles. The number of carbonyl (C=O) groups excluding carboxylic acids is 1. The fourth-order valence-electron chi connectivity index (χ4n) is 3.08. The van der Waals surface area contributed by atoms with Crippen LogP contribution < -0.4 is 0 Å². The van der Waals surface area contributed by atoms with Gasteiger partial charge in [0.15, 0.2) is 0 Å². The molecule has 1 amide bonds. The number of carbonyl (C=O) groups is 1. The first-order valence-electron chi connectivity index (χ1n) is 9.28. The van der Waals surface area contributed by atoms with Crippen LogP contribution in [0.3, 0.4) is 0 Å². The molecule has 9 heteroatoms. The van der Waals surface area contributed by atoms with Crippen LogP contribution >= 0.6 is 11.8 Å². The molecular weight excluding hydrogens is 418 g/mol. The number of halogens is 2. The normalized spacial score (nSPS) is 15.9. The van der Waals surface area contributed by atoms with E-state index in [1.165, 1.54) is 40.3 Å². The van der Waals surface area contributed by atoms with Crippen molar-refractivity contribution in [2.24, 2.45) is 0 Å². The number of thioether (sulfide) groups is 1. The minimum atomic E-state index is -3.71. The van der Waals surface area contributed by atoms with Gasteiger partial charge in [-0.05, 0) is 55.0 Å². The maximum absolute atomic E-state index is 13.1. The van der Waals surface area contributed by atoms with Crippen LogP contribution in [0.2, 0.25) is 0 Å². The molecule has 0 bridgehead atoms. The molecule has 0 unspecified atom stereocenters. The molecule has 0 atom stereocenters. The lowest BCUT2D eigenvalue weighted by Gasteiger charge is -2.22. The fourth-order valence-corrected chi connectivity index (χ4v) is 5.39. The van der Waals surface area contributed by atoms with E-state index in [4.69, 9.17) is 0 Å². The van der Waals surface area contributed by atoms with E-state index in [-0.39, 0.29) is 23.2 Å². The molecule has 156 valence electrons. The number of nitrogens with zero attached hydrogens (tertiary/aromatic N) is 2. The highest BCUT2D eigenvalue weighted by Gasteiger charge is 2.28. The van der Waals surface area contributed by atoms with Gasteiger partial charge in [0.25, 0.3) is 0 Å². The van der Waals surface area contributed by atoms with Crippen molar-refractivity contribution in [3.63, 3.8) is 0 Å². The van der Waals surface area contributed by atoms with Crippen LogP contribution in [0.4, 0.5) is 8.78 Å². The van der Waals surface area contributed by atoms with E-state index >= 15 is 0 Å². The summed E-state index contributed by atoms with van der Waals surface area (Å²) >= 11 is 1.48. The maximum Gasteiger partial charge on any atom is 0.243 e. The van der Waals surface area contributed by atoms with E-state index in [1.54, 1.807) is 17.0 Å². The number of amides is 1. The molecule has 5 nitrogen and oxygen atoms in total. The summed E-state index contributed by atoms with van der Waals surface area (Å²) in [6.45, 7) is 1.33. The monoisotopic (exact) mass is 440 g/mol. The number of rotatable bonds is 6. The highest BCUT2D eigenvalue weighted by Crippen LogP contribution is 2.21. The zero-order valence-electron chi connectivity index (χ0n) is 15.8. The molecule has 2 aromatic rings. The maximum atomic E-state index is 13.1. The third-order valence-electron chi connectivity index (χ3n) is 4.66. The van der Waals surface area contributed by atoms with Gasteiger partial charge in [0, 0.05) is 43.2 Å². The van der Waals surface area contributed by atoms with Gasteiger partial charge < -0.3 is 4.90 Å². The molecule has 0 aliphatic carbocycles. The summed E-state index contributed by atoms with van der Waals surface area (Å²) in [5.74, 6) is -0.246. The predicted octanol–water partition coefficient (Wildman–Crippen LogP) is 3.37. The third-order valence-corrected chi connectivity index (χ3v) is 7.58. The first-order valence-corrected chi connectivity index (χ1v) is 11.7. The van der Waals surface area contributed by atoms with Crippen LogP contribution in [0.1, 0.15) is 12.8 Å². The smallest absolute Gasteiger partial charge is 0.243 e. The van der Waals surface area contributed by atoms with Gasteiger partial charge in [-0.1, -0.05) is 0 Å². The number of benzene rings is 2. The largest absolute Gasteiger partial charge is 0.341 e. The second-order valence-corrected chi connectivity index (χ2v) is 9.75. The Labute approximate surface area is 173 Å². The summed E-state index contributed by atoms with van der Waals surface area (Å²) in [7, 11) is -3.71. The molecule has 1 saturated heterocycles. The second-order valence-electron chi connectivity index (χ2n) is 6.64. The quantitative estimate of drug-likeness (QED) is 0.647. The van der Waals surface area contributed by atoms with Crippen LogP contribution in [-0.4, -0.2) is 55.5 Å². The summed E-state index contributed by atoms with van der Waals surface area (Å²) in [5, 5.41) is 0. The molecule has 3 rings (SSSR count). The molecule has 0 radical (unpaired) electrons. The SMILES string of the molecule is O=C(CCSc1ccc(F)cc1)N1CCCN(S(=O)(=O)c2ccc(F)cc2)CC1. The van der Waals surface area contributed by atoms with E-state index in [9.17, 15) is 22.0 Å². The van der Waals surface area contributed by atoms with E-state index < -0.39 is 15.8 Å². The van der Waals surface area contributed by atoms with Crippen LogP contribution in [0, 0.1) is 11.6 Å². The zero-order chi connectivity index (χ0) is 20.9. The molecule has 0 N–H and O–H groups in total. The minimum absolute atomic E-state index is 0.0272. The van der Waals surface area contributed by atoms with E-state index in [1.807, 2.05) is 0 Å². The minimum Gasteiger partial charge on any atom is -0.341 e. The Bertz CT molecular complexity index is 935. The van der Waals surface area contributed by atoms with Crippen LogP contribution in [0.5, 0.6) is 0 Å². The van der Waals surface area contributed by atoms with E-state index in [0.717, 1.165) is 17.0 Å². The number of sulfonamides is 1. The molecule has 0 aromatic heterocycles. The third kappa shape index (κ3) is 5.77. The van der Waals surface area contributed by atoms with Crippen molar-refractivity contribution < 1.29 is 22.0 Å². The molecule has 2 aromatic carbocycles. The first-order chi connectivity index (χ1) is 13.9. The highest BCUT2D eigenvalue weighted by molar-refractivity contribution is 7.99. The van der Waals surface area contributed by atoms with Crippen LogP contribution in [0.15, 0.2) is 58.3 Å². The Hall–Kier alpha value is -1.97. The number of hydrogen-bond donors (Lipinski definition) is 0. The van der Waals surface area contributed by atoms with Crippen LogP contribution in [-0.2, 0) is 14.8 Å². The van der Waals surface area contributed by atoms with Crippen molar-refractivity contribution in [2.45, 2.75) is 22.6 Å². The Morgan fingerprint density at radius 3 is 2.17 bits per heavy atom. The van der Waals surface area contributed by atoms with Gasteiger partial charge in [-0.2, -0.15) is 4.31 Å². The summed E-state index contributed by atoms with van der Waals surface area (Å²) in [6.07, 6.45) is 0.865. The molecule has 1 fully saturated rings. The molecule has 1 aliphatic rings. The van der Waals surface area contributed by atoms with Gasteiger partial charge in [0.1, 0.15) is 11.6 Å². The molecule has 29 heavy (non-hydrogen) atoms. The van der Waals surface area contributed by atoms with Gasteiger partial charge in [-0.25, -0.2) is 17.2 Å².